The molecular weight excluding hydrogens is 164 g/mol. The van der Waals surface area contributed by atoms with E-state index in [0.29, 0.717) is 5.92 Å². The molecule has 0 saturated carbocycles. The van der Waals surface area contributed by atoms with Crippen molar-refractivity contribution >= 4 is 5.91 Å². The number of nitrogens with two attached hydrogens (primary N) is 1. The molecule has 0 radical (unpaired) electrons. The van der Waals surface area contributed by atoms with Gasteiger partial charge in [-0.05, 0) is 24.8 Å². The Hall–Kier alpha value is -0.570. The highest BCUT2D eigenvalue weighted by Crippen LogP contribution is 2.02. The molecule has 0 heterocycles. The lowest BCUT2D eigenvalue weighted by molar-refractivity contribution is -0.121. The van der Waals surface area contributed by atoms with E-state index in [1.54, 1.807) is 0 Å². The molecule has 13 heavy (non-hydrogen) atoms. The number of amides is 1. The SMILES string of the molecule is CC(C)CCNC(C(N)=O)C(C)C. The summed E-state index contributed by atoms with van der Waals surface area (Å²) >= 11 is 0. The zero-order valence-corrected chi connectivity index (χ0v) is 9.13. The minimum absolute atomic E-state index is 0.182. The van der Waals surface area contributed by atoms with E-state index < -0.39 is 0 Å². The van der Waals surface area contributed by atoms with Gasteiger partial charge < -0.3 is 11.1 Å². The van der Waals surface area contributed by atoms with Gasteiger partial charge in [-0.2, -0.15) is 0 Å². The molecule has 0 aliphatic carbocycles. The van der Waals surface area contributed by atoms with E-state index in [1.807, 2.05) is 13.8 Å². The quantitative estimate of drug-likeness (QED) is 0.653. The maximum Gasteiger partial charge on any atom is 0.234 e. The molecule has 0 bridgehead atoms. The second kappa shape index (κ2) is 5.97. The third kappa shape index (κ3) is 5.64. The topological polar surface area (TPSA) is 55.1 Å². The number of carbonyl (C=O) groups is 1. The van der Waals surface area contributed by atoms with Gasteiger partial charge in [-0.25, -0.2) is 0 Å². The van der Waals surface area contributed by atoms with E-state index in [2.05, 4.69) is 19.2 Å². The molecule has 3 nitrogen and oxygen atoms in total. The van der Waals surface area contributed by atoms with Crippen LogP contribution in [0.15, 0.2) is 0 Å². The Balaban J connectivity index is 3.77. The normalized spacial score (nSPS) is 13.7. The van der Waals surface area contributed by atoms with Crippen LogP contribution in [0.1, 0.15) is 34.1 Å². The molecule has 3 N–H and O–H groups in total. The van der Waals surface area contributed by atoms with Crippen molar-refractivity contribution in [2.24, 2.45) is 17.6 Å². The number of hydrogen-bond acceptors (Lipinski definition) is 2. The molecular formula is C10H22N2O. The van der Waals surface area contributed by atoms with Gasteiger partial charge in [-0.15, -0.1) is 0 Å². The highest BCUT2D eigenvalue weighted by Gasteiger charge is 2.17. The fourth-order valence-corrected chi connectivity index (χ4v) is 1.19. The van der Waals surface area contributed by atoms with Crippen LogP contribution < -0.4 is 11.1 Å². The summed E-state index contributed by atoms with van der Waals surface area (Å²) in [5.41, 5.74) is 5.25. The second-order valence-electron chi connectivity index (χ2n) is 4.26. The van der Waals surface area contributed by atoms with Gasteiger partial charge in [0, 0.05) is 0 Å². The minimum Gasteiger partial charge on any atom is -0.368 e. The molecule has 0 aromatic heterocycles. The molecule has 1 amide bonds. The van der Waals surface area contributed by atoms with Crippen molar-refractivity contribution in [2.75, 3.05) is 6.54 Å². The third-order valence-electron chi connectivity index (χ3n) is 2.06. The van der Waals surface area contributed by atoms with Crippen molar-refractivity contribution in [3.63, 3.8) is 0 Å². The molecule has 0 aromatic rings. The summed E-state index contributed by atoms with van der Waals surface area (Å²) in [7, 11) is 0. The average molecular weight is 186 g/mol. The number of primary amides is 1. The lowest BCUT2D eigenvalue weighted by Gasteiger charge is -2.19. The van der Waals surface area contributed by atoms with Gasteiger partial charge in [0.05, 0.1) is 6.04 Å². The molecule has 0 fully saturated rings. The summed E-state index contributed by atoms with van der Waals surface area (Å²) in [6.45, 7) is 9.19. The van der Waals surface area contributed by atoms with E-state index >= 15 is 0 Å². The predicted octanol–water partition coefficient (Wildman–Crippen LogP) is 1.13. The number of hydrogen-bond donors (Lipinski definition) is 2. The first-order valence-corrected chi connectivity index (χ1v) is 4.97. The Morgan fingerprint density at radius 2 is 1.85 bits per heavy atom. The monoisotopic (exact) mass is 186 g/mol. The second-order valence-corrected chi connectivity index (χ2v) is 4.26. The Bertz CT molecular complexity index is 155. The summed E-state index contributed by atoms with van der Waals surface area (Å²) in [4.78, 5) is 11.0. The first-order chi connectivity index (χ1) is 5.95. The van der Waals surface area contributed by atoms with Gasteiger partial charge in [0.1, 0.15) is 0 Å². The Labute approximate surface area is 81.1 Å². The molecule has 0 aromatic carbocycles. The van der Waals surface area contributed by atoms with Crippen LogP contribution >= 0.6 is 0 Å². The van der Waals surface area contributed by atoms with Crippen molar-refractivity contribution in [1.29, 1.82) is 0 Å². The van der Waals surface area contributed by atoms with Gasteiger partial charge in [0.2, 0.25) is 5.91 Å². The third-order valence-corrected chi connectivity index (χ3v) is 2.06. The minimum atomic E-state index is -0.251. The van der Waals surface area contributed by atoms with E-state index in [4.69, 9.17) is 5.73 Å². The maximum absolute atomic E-state index is 11.0. The molecule has 0 aliphatic rings. The molecule has 1 atom stereocenters. The molecule has 0 rings (SSSR count). The molecule has 1 unspecified atom stereocenters. The molecule has 0 spiro atoms. The van der Waals surface area contributed by atoms with Gasteiger partial charge in [-0.1, -0.05) is 27.7 Å². The maximum atomic E-state index is 11.0. The lowest BCUT2D eigenvalue weighted by atomic mass is 10.0. The van der Waals surface area contributed by atoms with Gasteiger partial charge >= 0.3 is 0 Å². The average Bonchev–Trinajstić information content (AvgIpc) is 1.95. The van der Waals surface area contributed by atoms with E-state index in [-0.39, 0.29) is 17.9 Å². The highest BCUT2D eigenvalue weighted by molar-refractivity contribution is 5.80. The van der Waals surface area contributed by atoms with Crippen molar-refractivity contribution in [3.8, 4) is 0 Å². The number of nitrogens with one attached hydrogen (secondary N) is 1. The summed E-state index contributed by atoms with van der Waals surface area (Å²) in [5, 5.41) is 3.18. The van der Waals surface area contributed by atoms with Gasteiger partial charge in [0.15, 0.2) is 0 Å². The van der Waals surface area contributed by atoms with E-state index in [0.717, 1.165) is 13.0 Å². The predicted molar refractivity (Wildman–Crippen MR) is 55.3 cm³/mol. The van der Waals surface area contributed by atoms with Gasteiger partial charge in [0.25, 0.3) is 0 Å². The lowest BCUT2D eigenvalue weighted by Crippen LogP contribution is -2.45. The van der Waals surface area contributed by atoms with Crippen molar-refractivity contribution in [2.45, 2.75) is 40.2 Å². The molecule has 0 saturated heterocycles. The number of rotatable bonds is 6. The number of carbonyl (C=O) groups excluding carboxylic acids is 1. The molecule has 78 valence electrons. The summed E-state index contributed by atoms with van der Waals surface area (Å²) in [6.07, 6.45) is 1.08. The largest absolute Gasteiger partial charge is 0.368 e. The van der Waals surface area contributed by atoms with E-state index in [9.17, 15) is 4.79 Å². The smallest absolute Gasteiger partial charge is 0.234 e. The van der Waals surface area contributed by atoms with Crippen LogP contribution in [0.3, 0.4) is 0 Å². The Morgan fingerprint density at radius 1 is 1.31 bits per heavy atom. The van der Waals surface area contributed by atoms with Crippen LogP contribution in [-0.4, -0.2) is 18.5 Å². The Morgan fingerprint density at radius 3 is 2.15 bits per heavy atom. The van der Waals surface area contributed by atoms with Crippen LogP contribution in [0.25, 0.3) is 0 Å². The van der Waals surface area contributed by atoms with Crippen LogP contribution in [0.5, 0.6) is 0 Å². The molecule has 0 aliphatic heterocycles. The highest BCUT2D eigenvalue weighted by atomic mass is 16.1. The Kier molecular flexibility index (Phi) is 5.71. The van der Waals surface area contributed by atoms with Crippen LogP contribution in [0.2, 0.25) is 0 Å². The first kappa shape index (κ1) is 12.4. The standard InChI is InChI=1S/C10H22N2O/c1-7(2)5-6-12-9(8(3)4)10(11)13/h7-9,12H,5-6H2,1-4H3,(H2,11,13). The fraction of sp³-hybridized carbons (Fsp3) is 0.900. The summed E-state index contributed by atoms with van der Waals surface area (Å²) < 4.78 is 0. The van der Waals surface area contributed by atoms with Crippen molar-refractivity contribution in [1.82, 2.24) is 5.32 Å². The summed E-state index contributed by atoms with van der Waals surface area (Å²) in [6, 6.07) is -0.182. The first-order valence-electron chi connectivity index (χ1n) is 4.97. The van der Waals surface area contributed by atoms with Crippen LogP contribution in [0, 0.1) is 11.8 Å². The summed E-state index contributed by atoms with van der Waals surface area (Å²) in [5.74, 6) is 0.677. The fourth-order valence-electron chi connectivity index (χ4n) is 1.19. The van der Waals surface area contributed by atoms with Crippen molar-refractivity contribution < 1.29 is 4.79 Å². The van der Waals surface area contributed by atoms with Crippen LogP contribution in [0.4, 0.5) is 0 Å². The van der Waals surface area contributed by atoms with Crippen molar-refractivity contribution in [3.05, 3.63) is 0 Å². The zero-order chi connectivity index (χ0) is 10.4. The van der Waals surface area contributed by atoms with Gasteiger partial charge in [-0.3, -0.25) is 4.79 Å². The molecule has 3 heteroatoms. The van der Waals surface area contributed by atoms with E-state index in [1.165, 1.54) is 0 Å². The van der Waals surface area contributed by atoms with Crippen LogP contribution in [-0.2, 0) is 4.79 Å². The zero-order valence-electron chi connectivity index (χ0n) is 9.13.